The fourth-order valence-corrected chi connectivity index (χ4v) is 10.2. The molecule has 4 amide bonds. The lowest BCUT2D eigenvalue weighted by atomic mass is 10.0. The van der Waals surface area contributed by atoms with Crippen LogP contribution in [0.1, 0.15) is 76.9 Å². The van der Waals surface area contributed by atoms with Gasteiger partial charge in [-0.05, 0) is 74.7 Å². The Balaban J connectivity index is 0.909. The van der Waals surface area contributed by atoms with E-state index in [9.17, 15) is 58.5 Å². The summed E-state index contributed by atoms with van der Waals surface area (Å²) >= 11 is 0. The number of nitrogens with two attached hydrogens (primary N) is 1. The number of alkyl halides is 3. The lowest BCUT2D eigenvalue weighted by Crippen LogP contribution is -2.41. The van der Waals surface area contributed by atoms with Crippen LogP contribution in [-0.4, -0.2) is 101 Å². The molecule has 0 aliphatic rings. The van der Waals surface area contributed by atoms with Crippen molar-refractivity contribution in [1.29, 1.82) is 0 Å². The van der Waals surface area contributed by atoms with Gasteiger partial charge >= 0.3 is 12.1 Å². The Labute approximate surface area is 428 Å². The fourth-order valence-electron chi connectivity index (χ4n) is 8.32. The first-order chi connectivity index (χ1) is 35.6. The first-order valence-electron chi connectivity index (χ1n) is 23.6. The maximum atomic E-state index is 14.8. The van der Waals surface area contributed by atoms with Gasteiger partial charge in [-0.25, -0.2) is 31.1 Å². The van der Waals surface area contributed by atoms with E-state index in [2.05, 4.69) is 30.6 Å². The number of aryl methyl sites for hydroxylation is 2. The normalized spacial score (nSPS) is 12.0. The molecular weight excluding hydrogens is 1020 g/mol. The summed E-state index contributed by atoms with van der Waals surface area (Å²) in [4.78, 5) is 79.8. The van der Waals surface area contributed by atoms with Gasteiger partial charge in [0.15, 0.2) is 17.7 Å². The molecule has 7 rings (SSSR count). The van der Waals surface area contributed by atoms with E-state index in [1.807, 2.05) is 0 Å². The number of para-hydroxylation sites is 2. The molecule has 0 atom stereocenters. The van der Waals surface area contributed by atoms with Crippen LogP contribution < -0.4 is 31.4 Å². The number of benzene rings is 4. The molecule has 75 heavy (non-hydrogen) atoms. The van der Waals surface area contributed by atoms with Crippen molar-refractivity contribution in [3.8, 4) is 0 Å². The Morgan fingerprint density at radius 1 is 0.787 bits per heavy atom. The van der Waals surface area contributed by atoms with Gasteiger partial charge in [-0.3, -0.25) is 33.9 Å². The van der Waals surface area contributed by atoms with E-state index < -0.39 is 61.9 Å². The quantitative estimate of drug-likeness (QED) is 0.0303. The molecule has 4 aromatic carbocycles. The zero-order chi connectivity index (χ0) is 54.1. The highest BCUT2D eigenvalue weighted by Crippen LogP contribution is 2.30. The number of nitrogens with one attached hydrogen (secondary N) is 3. The number of aromatic nitrogens is 5. The molecule has 20 nitrogen and oxygen atoms in total. The summed E-state index contributed by atoms with van der Waals surface area (Å²) in [5, 5.41) is 6.36. The third-order valence-electron chi connectivity index (χ3n) is 12.0. The van der Waals surface area contributed by atoms with Crippen LogP contribution in [0.2, 0.25) is 0 Å². The van der Waals surface area contributed by atoms with E-state index in [1.54, 1.807) is 72.2 Å². The molecule has 0 unspecified atom stereocenters. The van der Waals surface area contributed by atoms with Gasteiger partial charge in [0.2, 0.25) is 22.9 Å². The maximum absolute atomic E-state index is 14.8. The number of H-pyrrole nitrogens is 1. The lowest BCUT2D eigenvalue weighted by Gasteiger charge is -2.24. The fraction of sp³-hybridized carbons (Fsp3) is 0.300. The first kappa shape index (κ1) is 54.9. The van der Waals surface area contributed by atoms with Gasteiger partial charge in [0.25, 0.3) is 27.4 Å². The lowest BCUT2D eigenvalue weighted by molar-refractivity contribution is -0.645. The van der Waals surface area contributed by atoms with Gasteiger partial charge in [0.1, 0.15) is 0 Å². The van der Waals surface area contributed by atoms with Crippen molar-refractivity contribution in [2.24, 2.45) is 0 Å². The van der Waals surface area contributed by atoms with Crippen molar-refractivity contribution in [2.45, 2.75) is 76.0 Å². The largest absolute Gasteiger partial charge is 0.748 e. The van der Waals surface area contributed by atoms with Gasteiger partial charge in [-0.2, -0.15) is 22.7 Å². The zero-order valence-corrected chi connectivity index (χ0v) is 41.9. The van der Waals surface area contributed by atoms with Crippen molar-refractivity contribution in [2.75, 3.05) is 36.0 Å². The number of unbranched alkanes of at least 4 members (excludes halogenated alkanes) is 3. The Bertz CT molecular complexity index is 3510. The van der Waals surface area contributed by atoms with Crippen LogP contribution in [0.25, 0.3) is 33.0 Å². The van der Waals surface area contributed by atoms with E-state index in [1.165, 1.54) is 36.4 Å². The number of pyridine rings is 1. The number of rotatable bonds is 22. The topological polar surface area (TPSA) is 292 Å². The summed E-state index contributed by atoms with van der Waals surface area (Å²) in [6.45, 7) is 1.42. The van der Waals surface area contributed by atoms with Crippen LogP contribution in [0.4, 0.5) is 24.8 Å². The number of nitrogens with zero attached hydrogens (tertiary/aromatic N) is 6. The van der Waals surface area contributed by atoms with E-state index in [-0.39, 0.29) is 89.3 Å². The molecule has 0 spiro atoms. The summed E-state index contributed by atoms with van der Waals surface area (Å²) < 4.78 is 107. The summed E-state index contributed by atoms with van der Waals surface area (Å²) in [7, 11) is -8.97. The molecule has 394 valence electrons. The average Bonchev–Trinajstić information content (AvgIpc) is 3.37. The summed E-state index contributed by atoms with van der Waals surface area (Å²) in [6, 6.07) is 24.5. The molecule has 0 saturated heterocycles. The molecule has 7 aromatic rings. The predicted molar refractivity (Wildman–Crippen MR) is 269 cm³/mol. The van der Waals surface area contributed by atoms with E-state index in [0.29, 0.717) is 58.9 Å². The number of carbonyl (C=O) groups excluding carboxylic acids is 4. The second kappa shape index (κ2) is 23.5. The van der Waals surface area contributed by atoms with Crippen LogP contribution in [0.3, 0.4) is 0 Å². The number of carbonyl (C=O) groups is 4. The molecule has 0 saturated carbocycles. The van der Waals surface area contributed by atoms with Crippen molar-refractivity contribution in [3.63, 3.8) is 0 Å². The van der Waals surface area contributed by atoms with Gasteiger partial charge in [-0.1, -0.05) is 54.8 Å². The van der Waals surface area contributed by atoms with Crippen LogP contribution in [-0.2, 0) is 42.8 Å². The average molecular weight is 1070 g/mol. The van der Waals surface area contributed by atoms with Crippen LogP contribution in [0, 0.1) is 6.92 Å². The number of anilines is 2. The van der Waals surface area contributed by atoms with Crippen LogP contribution in [0.15, 0.2) is 113 Å². The van der Waals surface area contributed by atoms with E-state index >= 15 is 0 Å². The minimum atomic E-state index is -5.27. The molecule has 3 heterocycles. The summed E-state index contributed by atoms with van der Waals surface area (Å²) in [6.07, 6.45) is -1.87. The van der Waals surface area contributed by atoms with E-state index in [0.717, 1.165) is 16.1 Å². The van der Waals surface area contributed by atoms with Crippen LogP contribution >= 0.6 is 0 Å². The predicted octanol–water partition coefficient (Wildman–Crippen LogP) is 4.95. The maximum Gasteiger partial charge on any atom is 0.471 e. The van der Waals surface area contributed by atoms with Gasteiger partial charge in [0, 0.05) is 61.6 Å². The molecule has 0 aliphatic carbocycles. The molecular formula is C50H51F3N10O10S2. The Hall–Kier alpha value is -7.90. The van der Waals surface area contributed by atoms with Crippen LogP contribution in [0.5, 0.6) is 0 Å². The molecule has 0 radical (unpaired) electrons. The SMILES string of the molecule is Cc1ccc(S(=O)(=O)N(CCCC(=O)NCCCCCCNC(=O)c2ccc(N(Cc3cnc4nc(N)[nH]c(=O)c4n3)C(=O)C(F)(F)F)cc2)C(=O)c2c3ccccc3[n+](CCCS(=O)(=O)[O-])c3ccccc23)cc1. The van der Waals surface area contributed by atoms with Crippen molar-refractivity contribution >= 4 is 88.4 Å². The van der Waals surface area contributed by atoms with Crippen molar-refractivity contribution in [3.05, 3.63) is 136 Å². The van der Waals surface area contributed by atoms with E-state index in [4.69, 9.17) is 5.73 Å². The summed E-state index contributed by atoms with van der Waals surface area (Å²) in [5.41, 5.74) is 5.98. The third kappa shape index (κ3) is 13.6. The number of amides is 4. The first-order valence-corrected chi connectivity index (χ1v) is 26.6. The smallest absolute Gasteiger partial charge is 0.471 e. The number of hydrogen-bond donors (Lipinski definition) is 4. The number of hydrogen-bond acceptors (Lipinski definition) is 14. The number of fused-ring (bicyclic) bond motifs is 3. The highest BCUT2D eigenvalue weighted by molar-refractivity contribution is 7.89. The number of nitrogen functional groups attached to an aromatic ring is 1. The molecule has 5 N–H and O–H groups in total. The molecule has 0 aliphatic heterocycles. The monoisotopic (exact) mass is 1070 g/mol. The third-order valence-corrected chi connectivity index (χ3v) is 14.6. The second-order valence-electron chi connectivity index (χ2n) is 17.4. The Morgan fingerprint density at radius 3 is 2.01 bits per heavy atom. The Kier molecular flexibility index (Phi) is 17.2. The van der Waals surface area contributed by atoms with Gasteiger partial charge in [-0.15, -0.1) is 0 Å². The standard InChI is InChI=1S/C50H51F3N10O10S2/c1-32-17-23-36(24-18-32)75(72,73)63(47(67)42-37-12-4-6-14-39(37)61(27-11-29-74(69,70)71)40-15-7-5-13-38(40)42)28-10-16-41(64)55-25-8-2-3-9-26-56-45(65)33-19-21-35(22-20-33)62(48(68)50(51,52)53)31-34-30-57-44-43(58-34)46(66)60-49(54)59-44/h4-7,12-15,17-24,30H,2-3,8-11,16,25-29,31H2,1H3,(H5-,54,55,56,57,59,60,64,65,66,69,70,71). The Morgan fingerprint density at radius 2 is 1.40 bits per heavy atom. The molecule has 3 aromatic heterocycles. The summed E-state index contributed by atoms with van der Waals surface area (Å²) in [5.74, 6) is -4.75. The number of halogens is 3. The minimum Gasteiger partial charge on any atom is -0.748 e. The van der Waals surface area contributed by atoms with Gasteiger partial charge in [0.05, 0.1) is 49.8 Å². The highest BCUT2D eigenvalue weighted by atomic mass is 32.2. The number of sulfonamides is 1. The van der Waals surface area contributed by atoms with Crippen molar-refractivity contribution in [1.82, 2.24) is 34.9 Å². The molecule has 0 bridgehead atoms. The van der Waals surface area contributed by atoms with Crippen molar-refractivity contribution < 1.29 is 58.3 Å². The molecule has 0 fully saturated rings. The highest BCUT2D eigenvalue weighted by Gasteiger charge is 2.43. The zero-order valence-electron chi connectivity index (χ0n) is 40.3. The molecule has 25 heteroatoms. The second-order valence-corrected chi connectivity index (χ2v) is 20.8. The number of aromatic amines is 1. The minimum absolute atomic E-state index is 0.000980. The van der Waals surface area contributed by atoms with Gasteiger partial charge < -0.3 is 20.9 Å².